The van der Waals surface area contributed by atoms with E-state index in [1.165, 1.54) is 36.7 Å². The van der Waals surface area contributed by atoms with Crippen molar-refractivity contribution >= 4 is 17.4 Å². The number of carbonyl (C=O) groups is 1. The number of rotatable bonds is 4. The van der Waals surface area contributed by atoms with Gasteiger partial charge in [-0.2, -0.15) is 0 Å². The number of hydrogen-bond donors (Lipinski definition) is 0. The predicted molar refractivity (Wildman–Crippen MR) is 65.5 cm³/mol. The van der Waals surface area contributed by atoms with Gasteiger partial charge in [-0.3, -0.25) is 9.78 Å². The van der Waals surface area contributed by atoms with E-state index in [1.54, 1.807) is 6.07 Å². The van der Waals surface area contributed by atoms with Crippen LogP contribution >= 0.6 is 11.6 Å². The van der Waals surface area contributed by atoms with Crippen LogP contribution in [0.15, 0.2) is 42.7 Å². The van der Waals surface area contributed by atoms with Crippen molar-refractivity contribution in [3.8, 4) is 5.75 Å². The summed E-state index contributed by atoms with van der Waals surface area (Å²) in [5, 5.41) is 0.422. The highest BCUT2D eigenvalue weighted by atomic mass is 35.5. The van der Waals surface area contributed by atoms with Crippen LogP contribution in [0.2, 0.25) is 5.02 Å². The molecule has 0 saturated heterocycles. The Morgan fingerprint density at radius 2 is 2.17 bits per heavy atom. The zero-order valence-corrected chi connectivity index (χ0v) is 10.0. The van der Waals surface area contributed by atoms with Crippen molar-refractivity contribution in [3.05, 3.63) is 59.1 Å². The van der Waals surface area contributed by atoms with Crippen LogP contribution in [-0.2, 0) is 0 Å². The van der Waals surface area contributed by atoms with Crippen molar-refractivity contribution in [2.24, 2.45) is 0 Å². The van der Waals surface area contributed by atoms with Crippen molar-refractivity contribution in [1.82, 2.24) is 4.98 Å². The third kappa shape index (κ3) is 3.28. The number of benzene rings is 1. The third-order valence-corrected chi connectivity index (χ3v) is 2.40. The van der Waals surface area contributed by atoms with Crippen LogP contribution in [0.4, 0.5) is 4.39 Å². The SMILES string of the molecule is O=C(COc1cncc(Cl)c1)c1cccc(F)c1. The Kier molecular flexibility index (Phi) is 3.89. The van der Waals surface area contributed by atoms with Gasteiger partial charge >= 0.3 is 0 Å². The van der Waals surface area contributed by atoms with Crippen molar-refractivity contribution in [2.45, 2.75) is 0 Å². The van der Waals surface area contributed by atoms with E-state index in [4.69, 9.17) is 16.3 Å². The van der Waals surface area contributed by atoms with Crippen LogP contribution in [0, 0.1) is 5.82 Å². The quantitative estimate of drug-likeness (QED) is 0.797. The van der Waals surface area contributed by atoms with Crippen molar-refractivity contribution < 1.29 is 13.9 Å². The Bertz CT molecular complexity index is 574. The maximum absolute atomic E-state index is 12.9. The number of ether oxygens (including phenoxy) is 1. The molecule has 0 amide bonds. The summed E-state index contributed by atoms with van der Waals surface area (Å²) < 4.78 is 18.1. The van der Waals surface area contributed by atoms with E-state index in [0.717, 1.165) is 0 Å². The first-order valence-corrected chi connectivity index (χ1v) is 5.55. The molecule has 0 radical (unpaired) electrons. The molecule has 0 aliphatic rings. The van der Waals surface area contributed by atoms with Crippen molar-refractivity contribution in [3.63, 3.8) is 0 Å². The normalized spacial score (nSPS) is 10.1. The number of Topliss-reactive ketones (excluding diaryl/α,β-unsaturated/α-hetero) is 1. The summed E-state index contributed by atoms with van der Waals surface area (Å²) in [5.74, 6) is -0.369. The first-order valence-electron chi connectivity index (χ1n) is 5.17. The lowest BCUT2D eigenvalue weighted by Crippen LogP contribution is -2.11. The fourth-order valence-corrected chi connectivity index (χ4v) is 1.53. The average Bonchev–Trinajstić information content (AvgIpc) is 2.36. The summed E-state index contributed by atoms with van der Waals surface area (Å²) in [7, 11) is 0. The fourth-order valence-electron chi connectivity index (χ4n) is 1.37. The van der Waals surface area contributed by atoms with E-state index in [-0.39, 0.29) is 18.0 Å². The number of aromatic nitrogens is 1. The van der Waals surface area contributed by atoms with Gasteiger partial charge in [-0.25, -0.2) is 4.39 Å². The number of halogens is 2. The van der Waals surface area contributed by atoms with Gasteiger partial charge in [0.25, 0.3) is 0 Å². The van der Waals surface area contributed by atoms with Gasteiger partial charge in [0.1, 0.15) is 11.6 Å². The Morgan fingerprint density at radius 3 is 2.89 bits per heavy atom. The Morgan fingerprint density at radius 1 is 1.33 bits per heavy atom. The second-order valence-corrected chi connectivity index (χ2v) is 4.00. The molecule has 0 atom stereocenters. The van der Waals surface area contributed by atoms with Gasteiger partial charge in [-0.15, -0.1) is 0 Å². The minimum absolute atomic E-state index is 0.189. The minimum Gasteiger partial charge on any atom is -0.484 e. The molecule has 1 heterocycles. The van der Waals surface area contributed by atoms with Crippen molar-refractivity contribution in [2.75, 3.05) is 6.61 Å². The first kappa shape index (κ1) is 12.5. The smallest absolute Gasteiger partial charge is 0.200 e. The van der Waals surface area contributed by atoms with Gasteiger partial charge < -0.3 is 4.74 Å². The summed E-state index contributed by atoms with van der Waals surface area (Å²) >= 11 is 5.72. The Hall–Kier alpha value is -1.94. The zero-order valence-electron chi connectivity index (χ0n) is 9.27. The molecule has 0 N–H and O–H groups in total. The lowest BCUT2D eigenvalue weighted by atomic mass is 10.1. The predicted octanol–water partition coefficient (Wildman–Crippen LogP) is 3.14. The van der Waals surface area contributed by atoms with Gasteiger partial charge in [0.05, 0.1) is 11.2 Å². The molecular weight excluding hydrogens is 257 g/mol. The molecule has 0 aliphatic carbocycles. The lowest BCUT2D eigenvalue weighted by molar-refractivity contribution is 0.0921. The zero-order chi connectivity index (χ0) is 13.0. The molecule has 2 aromatic rings. The fraction of sp³-hybridized carbons (Fsp3) is 0.0769. The van der Waals surface area contributed by atoms with Crippen LogP contribution in [-0.4, -0.2) is 17.4 Å². The highest BCUT2D eigenvalue weighted by Crippen LogP contribution is 2.15. The average molecular weight is 266 g/mol. The van der Waals surface area contributed by atoms with E-state index >= 15 is 0 Å². The third-order valence-electron chi connectivity index (χ3n) is 2.20. The van der Waals surface area contributed by atoms with Crippen LogP contribution in [0.5, 0.6) is 5.75 Å². The molecule has 0 spiro atoms. The van der Waals surface area contributed by atoms with E-state index in [9.17, 15) is 9.18 Å². The van der Waals surface area contributed by atoms with E-state index in [2.05, 4.69) is 4.98 Å². The number of hydrogen-bond acceptors (Lipinski definition) is 3. The first-order chi connectivity index (χ1) is 8.65. The summed E-state index contributed by atoms with van der Waals surface area (Å²) in [6.07, 6.45) is 2.91. The topological polar surface area (TPSA) is 39.2 Å². The molecule has 1 aromatic heterocycles. The van der Waals surface area contributed by atoms with E-state index in [0.29, 0.717) is 10.8 Å². The second-order valence-electron chi connectivity index (χ2n) is 3.56. The molecule has 0 unspecified atom stereocenters. The largest absolute Gasteiger partial charge is 0.484 e. The summed E-state index contributed by atoms with van der Waals surface area (Å²) in [6, 6.07) is 7.00. The number of pyridine rings is 1. The summed E-state index contributed by atoms with van der Waals surface area (Å²) in [6.45, 7) is -0.189. The highest BCUT2D eigenvalue weighted by molar-refractivity contribution is 6.30. The van der Waals surface area contributed by atoms with Gasteiger partial charge in [-0.05, 0) is 12.1 Å². The molecule has 18 heavy (non-hydrogen) atoms. The van der Waals surface area contributed by atoms with Gasteiger partial charge in [0, 0.05) is 17.8 Å². The van der Waals surface area contributed by atoms with E-state index < -0.39 is 5.82 Å². The molecular formula is C13H9ClFNO2. The lowest BCUT2D eigenvalue weighted by Gasteiger charge is -2.05. The minimum atomic E-state index is -0.453. The molecule has 0 saturated carbocycles. The Labute approximate surface area is 108 Å². The standard InChI is InChI=1S/C13H9ClFNO2/c14-10-5-12(7-16-6-10)18-8-13(17)9-2-1-3-11(15)4-9/h1-7H,8H2. The van der Waals surface area contributed by atoms with Gasteiger partial charge in [-0.1, -0.05) is 23.7 Å². The monoisotopic (exact) mass is 265 g/mol. The molecule has 2 rings (SSSR count). The summed E-state index contributed by atoms with van der Waals surface area (Å²) in [5.41, 5.74) is 0.269. The number of carbonyl (C=O) groups excluding carboxylic acids is 1. The number of ketones is 1. The van der Waals surface area contributed by atoms with Crippen LogP contribution < -0.4 is 4.74 Å². The summed E-state index contributed by atoms with van der Waals surface area (Å²) in [4.78, 5) is 15.5. The molecule has 1 aromatic carbocycles. The molecule has 0 aliphatic heterocycles. The number of nitrogens with zero attached hydrogens (tertiary/aromatic N) is 1. The maximum Gasteiger partial charge on any atom is 0.200 e. The van der Waals surface area contributed by atoms with Crippen LogP contribution in [0.3, 0.4) is 0 Å². The second kappa shape index (κ2) is 5.60. The van der Waals surface area contributed by atoms with Crippen LogP contribution in [0.25, 0.3) is 0 Å². The molecule has 3 nitrogen and oxygen atoms in total. The highest BCUT2D eigenvalue weighted by Gasteiger charge is 2.08. The van der Waals surface area contributed by atoms with E-state index in [1.807, 2.05) is 0 Å². The molecule has 5 heteroatoms. The molecule has 0 bridgehead atoms. The molecule has 92 valence electrons. The van der Waals surface area contributed by atoms with Gasteiger partial charge in [0.2, 0.25) is 0 Å². The van der Waals surface area contributed by atoms with Crippen LogP contribution in [0.1, 0.15) is 10.4 Å². The van der Waals surface area contributed by atoms with Gasteiger partial charge in [0.15, 0.2) is 12.4 Å². The van der Waals surface area contributed by atoms with Crippen molar-refractivity contribution in [1.29, 1.82) is 0 Å². The molecule has 0 fully saturated rings. The Balaban J connectivity index is 2.00. The maximum atomic E-state index is 12.9.